The van der Waals surface area contributed by atoms with Gasteiger partial charge in [-0.05, 0) is 86.1 Å². The third-order valence-electron chi connectivity index (χ3n) is 10.7. The predicted octanol–water partition coefficient (Wildman–Crippen LogP) is 4.97. The Balaban J connectivity index is 1.18. The number of hydrogen-bond acceptors (Lipinski definition) is 10. The molecule has 2 aromatic heterocycles. The van der Waals surface area contributed by atoms with Crippen molar-refractivity contribution < 1.29 is 22.3 Å². The van der Waals surface area contributed by atoms with Gasteiger partial charge in [0.15, 0.2) is 9.84 Å². The SMILES string of the molecule is C=CC(=O)N1CCC[C@@H]1c1ccc(N2CCC([C@H]3CCCS3(=O)=O)CC2)c2cnc(Nc3ccnc(N4CC[C@@H](OC)[C@@H](F)C4)n3)cc12. The molecule has 4 saturated heterocycles. The summed E-state index contributed by atoms with van der Waals surface area (Å²) >= 11 is 0. The summed E-state index contributed by atoms with van der Waals surface area (Å²) in [5.74, 6) is 2.02. The van der Waals surface area contributed by atoms with Gasteiger partial charge in [-0.25, -0.2) is 22.8 Å². The number of hydrogen-bond donors (Lipinski definition) is 1. The second-order valence-corrected chi connectivity index (χ2v) is 15.8. The van der Waals surface area contributed by atoms with E-state index in [0.29, 0.717) is 42.8 Å². The van der Waals surface area contributed by atoms with Crippen molar-refractivity contribution in [3.8, 4) is 0 Å². The fourth-order valence-electron chi connectivity index (χ4n) is 8.24. The Kier molecular flexibility index (Phi) is 9.25. The van der Waals surface area contributed by atoms with E-state index in [0.717, 1.165) is 73.6 Å². The van der Waals surface area contributed by atoms with Crippen LogP contribution in [0.5, 0.6) is 0 Å². The number of piperidine rings is 2. The monoisotopic (exact) mass is 677 g/mol. The van der Waals surface area contributed by atoms with Gasteiger partial charge in [-0.1, -0.05) is 12.6 Å². The van der Waals surface area contributed by atoms with Gasteiger partial charge < -0.3 is 24.8 Å². The highest BCUT2D eigenvalue weighted by Crippen LogP contribution is 2.41. The van der Waals surface area contributed by atoms with Crippen molar-refractivity contribution in [3.05, 3.63) is 54.9 Å². The average Bonchev–Trinajstić information content (AvgIpc) is 3.73. The molecular formula is C35H44FN7O4S. The minimum atomic E-state index is -2.99. The van der Waals surface area contributed by atoms with Crippen LogP contribution in [0.3, 0.4) is 0 Å². The minimum absolute atomic E-state index is 0.0790. The summed E-state index contributed by atoms with van der Waals surface area (Å²) < 4.78 is 45.2. The number of ether oxygens (including phenoxy) is 1. The second-order valence-electron chi connectivity index (χ2n) is 13.4. The van der Waals surface area contributed by atoms with E-state index in [-0.39, 0.29) is 29.7 Å². The minimum Gasteiger partial charge on any atom is -0.378 e. The van der Waals surface area contributed by atoms with Crippen molar-refractivity contribution in [2.45, 2.75) is 68.5 Å². The molecule has 0 unspecified atom stereocenters. The molecule has 11 nitrogen and oxygen atoms in total. The van der Waals surface area contributed by atoms with Gasteiger partial charge in [-0.3, -0.25) is 4.79 Å². The number of aromatic nitrogens is 3. The fourth-order valence-corrected chi connectivity index (χ4v) is 10.5. The van der Waals surface area contributed by atoms with Crippen molar-refractivity contribution in [2.75, 3.05) is 60.7 Å². The lowest BCUT2D eigenvalue weighted by atomic mass is 9.90. The number of nitrogens with zero attached hydrogens (tertiary/aromatic N) is 6. The largest absolute Gasteiger partial charge is 0.378 e. The van der Waals surface area contributed by atoms with Crippen molar-refractivity contribution >= 4 is 49.8 Å². The number of pyridine rings is 1. The Morgan fingerprint density at radius 1 is 1.00 bits per heavy atom. The van der Waals surface area contributed by atoms with E-state index in [1.165, 1.54) is 13.2 Å². The van der Waals surface area contributed by atoms with E-state index < -0.39 is 22.1 Å². The zero-order valence-corrected chi connectivity index (χ0v) is 28.2. The Labute approximate surface area is 281 Å². The molecule has 1 aromatic carbocycles. The molecule has 0 saturated carbocycles. The first-order valence-electron chi connectivity index (χ1n) is 17.1. The summed E-state index contributed by atoms with van der Waals surface area (Å²) in [7, 11) is -1.45. The number of amides is 1. The topological polar surface area (TPSA) is 121 Å². The van der Waals surface area contributed by atoms with E-state index in [4.69, 9.17) is 9.72 Å². The number of fused-ring (bicyclic) bond motifs is 1. The average molecular weight is 678 g/mol. The first-order valence-corrected chi connectivity index (χ1v) is 18.8. The highest BCUT2D eigenvalue weighted by atomic mass is 32.2. The maximum absolute atomic E-state index is 14.6. The smallest absolute Gasteiger partial charge is 0.246 e. The summed E-state index contributed by atoms with van der Waals surface area (Å²) in [5, 5.41) is 5.12. The molecule has 4 atom stereocenters. The molecule has 13 heteroatoms. The third-order valence-corrected chi connectivity index (χ3v) is 13.1. The van der Waals surface area contributed by atoms with E-state index in [9.17, 15) is 17.6 Å². The number of nitrogens with one attached hydrogen (secondary N) is 1. The lowest BCUT2D eigenvalue weighted by Crippen LogP contribution is -2.46. The quantitative estimate of drug-likeness (QED) is 0.327. The standard InChI is InChI=1S/C35H44FN7O4S/c1-3-34(44)43-15-4-6-29(43)24-8-9-28(41-16-11-23(12-17-41)31-7-5-19-48(31,45)46)26-21-38-33(20-25(24)26)39-32-10-14-37-35(40-32)42-18-13-30(47-2)27(36)22-42/h3,8-10,14,20-21,23,27,29-31H,1,4-7,11-13,15-19,22H2,2H3,(H,37,38,39,40)/t27-,29+,30+,31+/m0/s1. The van der Waals surface area contributed by atoms with E-state index >= 15 is 0 Å². The molecule has 0 radical (unpaired) electrons. The first kappa shape index (κ1) is 32.7. The van der Waals surface area contributed by atoms with Crippen molar-refractivity contribution in [2.24, 2.45) is 5.92 Å². The Bertz CT molecular complexity index is 1780. The number of methoxy groups -OCH3 is 1. The molecule has 3 aromatic rings. The number of anilines is 4. The van der Waals surface area contributed by atoms with Crippen LogP contribution in [-0.4, -0.2) is 97.3 Å². The first-order chi connectivity index (χ1) is 23.3. The number of rotatable bonds is 8. The van der Waals surface area contributed by atoms with Crippen LogP contribution in [0.25, 0.3) is 10.8 Å². The fraction of sp³-hybridized carbons (Fsp3) is 0.543. The lowest BCUT2D eigenvalue weighted by Gasteiger charge is -2.36. The number of benzene rings is 1. The van der Waals surface area contributed by atoms with Crippen LogP contribution in [0.1, 0.15) is 56.6 Å². The van der Waals surface area contributed by atoms with E-state index in [2.05, 4.69) is 38.9 Å². The molecule has 4 fully saturated rings. The zero-order valence-electron chi connectivity index (χ0n) is 27.4. The van der Waals surface area contributed by atoms with Crippen LogP contribution in [0.2, 0.25) is 0 Å². The van der Waals surface area contributed by atoms with Crippen molar-refractivity contribution in [1.82, 2.24) is 19.9 Å². The number of alkyl halides is 1. The molecule has 48 heavy (non-hydrogen) atoms. The van der Waals surface area contributed by atoms with Crippen LogP contribution >= 0.6 is 0 Å². The highest BCUT2D eigenvalue weighted by Gasteiger charge is 2.39. The summed E-state index contributed by atoms with van der Waals surface area (Å²) in [6.07, 6.45) is 8.92. The maximum Gasteiger partial charge on any atom is 0.246 e. The lowest BCUT2D eigenvalue weighted by molar-refractivity contribution is -0.126. The third kappa shape index (κ3) is 6.34. The van der Waals surface area contributed by atoms with Gasteiger partial charge in [0.25, 0.3) is 0 Å². The number of likely N-dealkylation sites (tertiary alicyclic amines) is 1. The van der Waals surface area contributed by atoms with Gasteiger partial charge >= 0.3 is 0 Å². The van der Waals surface area contributed by atoms with E-state index in [1.807, 2.05) is 22.1 Å². The molecule has 1 amide bonds. The van der Waals surface area contributed by atoms with Gasteiger partial charge in [0.1, 0.15) is 17.8 Å². The van der Waals surface area contributed by atoms with Crippen molar-refractivity contribution in [3.63, 3.8) is 0 Å². The van der Waals surface area contributed by atoms with Gasteiger partial charge in [0.05, 0.1) is 29.7 Å². The Morgan fingerprint density at radius 2 is 1.81 bits per heavy atom. The van der Waals surface area contributed by atoms with Gasteiger partial charge in [-0.2, -0.15) is 4.98 Å². The van der Waals surface area contributed by atoms with Gasteiger partial charge in [-0.15, -0.1) is 0 Å². The maximum atomic E-state index is 14.6. The van der Waals surface area contributed by atoms with Gasteiger partial charge in [0.2, 0.25) is 11.9 Å². The number of halogens is 1. The molecular weight excluding hydrogens is 633 g/mol. The number of carbonyl (C=O) groups excluding carboxylic acids is 1. The molecule has 4 aliphatic rings. The zero-order chi connectivity index (χ0) is 33.4. The van der Waals surface area contributed by atoms with Crippen LogP contribution in [0, 0.1) is 5.92 Å². The van der Waals surface area contributed by atoms with Crippen LogP contribution < -0.4 is 15.1 Å². The van der Waals surface area contributed by atoms with Crippen LogP contribution in [0.4, 0.5) is 27.7 Å². The predicted molar refractivity (Wildman–Crippen MR) is 185 cm³/mol. The molecule has 0 aliphatic carbocycles. The molecule has 0 bridgehead atoms. The molecule has 7 rings (SSSR count). The molecule has 256 valence electrons. The highest BCUT2D eigenvalue weighted by molar-refractivity contribution is 7.92. The van der Waals surface area contributed by atoms with Crippen LogP contribution in [0.15, 0.2) is 49.3 Å². The Morgan fingerprint density at radius 3 is 2.54 bits per heavy atom. The second kappa shape index (κ2) is 13.6. The normalized spacial score (nSPS) is 26.2. The molecule has 6 heterocycles. The number of sulfone groups is 1. The molecule has 4 aliphatic heterocycles. The van der Waals surface area contributed by atoms with Crippen molar-refractivity contribution in [1.29, 1.82) is 0 Å². The van der Waals surface area contributed by atoms with E-state index in [1.54, 1.807) is 12.3 Å². The summed E-state index contributed by atoms with van der Waals surface area (Å²) in [6.45, 7) is 6.72. The van der Waals surface area contributed by atoms with Gasteiger partial charge in [0, 0.05) is 56.8 Å². The number of carbonyl (C=O) groups is 1. The molecule has 0 spiro atoms. The van der Waals surface area contributed by atoms with Crippen LogP contribution in [-0.2, 0) is 19.4 Å². The summed E-state index contributed by atoms with van der Waals surface area (Å²) in [4.78, 5) is 32.8. The molecule has 1 N–H and O–H groups in total. The Hall–Kier alpha value is -3.84. The summed E-state index contributed by atoms with van der Waals surface area (Å²) in [6, 6.07) is 7.96. The summed E-state index contributed by atoms with van der Waals surface area (Å²) in [5.41, 5.74) is 2.11.